The first-order chi connectivity index (χ1) is 12.9. The molecule has 0 bridgehead atoms. The number of aromatic nitrogens is 2. The number of anilines is 1. The van der Waals surface area contributed by atoms with Gasteiger partial charge in [-0.1, -0.05) is 26.0 Å². The van der Waals surface area contributed by atoms with Crippen LogP contribution in [0.25, 0.3) is 0 Å². The van der Waals surface area contributed by atoms with Gasteiger partial charge in [0.15, 0.2) is 0 Å². The summed E-state index contributed by atoms with van der Waals surface area (Å²) >= 11 is 1.62. The summed E-state index contributed by atoms with van der Waals surface area (Å²) in [6, 6.07) is 9.58. The largest absolute Gasteiger partial charge is 0.326 e. The van der Waals surface area contributed by atoms with Gasteiger partial charge in [-0.3, -0.25) is 14.7 Å². The number of carbonyl (C=O) groups is 2. The van der Waals surface area contributed by atoms with E-state index in [9.17, 15) is 9.59 Å². The molecule has 1 fully saturated rings. The van der Waals surface area contributed by atoms with Crippen molar-refractivity contribution >= 4 is 29.3 Å². The number of carbonyl (C=O) groups excluding carboxylic acids is 2. The van der Waals surface area contributed by atoms with Crippen molar-refractivity contribution in [1.29, 1.82) is 0 Å². The Morgan fingerprint density at radius 2 is 2.11 bits per heavy atom. The Labute approximate surface area is 164 Å². The third kappa shape index (κ3) is 4.18. The van der Waals surface area contributed by atoms with Crippen molar-refractivity contribution in [2.75, 3.05) is 24.2 Å². The molecule has 0 saturated carbocycles. The number of para-hydroxylation sites is 1. The normalized spacial score (nSPS) is 17.7. The minimum atomic E-state index is -0.195. The summed E-state index contributed by atoms with van der Waals surface area (Å²) in [6.07, 6.45) is 2.84. The third-order valence-corrected chi connectivity index (χ3v) is 5.42. The maximum Gasteiger partial charge on any atom is 0.274 e. The van der Waals surface area contributed by atoms with E-state index in [0.717, 1.165) is 22.7 Å². The number of hydrogen-bond donors (Lipinski definition) is 1. The van der Waals surface area contributed by atoms with E-state index in [1.54, 1.807) is 22.7 Å². The molecule has 1 unspecified atom stereocenters. The summed E-state index contributed by atoms with van der Waals surface area (Å²) in [7, 11) is 0. The quantitative estimate of drug-likeness (QED) is 0.801. The van der Waals surface area contributed by atoms with Crippen LogP contribution in [0.2, 0.25) is 0 Å². The van der Waals surface area contributed by atoms with Crippen LogP contribution < -0.4 is 4.90 Å². The molecule has 1 N–H and O–H groups in total. The first kappa shape index (κ1) is 19.5. The van der Waals surface area contributed by atoms with Crippen LogP contribution in [0, 0.1) is 5.92 Å². The molecule has 0 spiro atoms. The van der Waals surface area contributed by atoms with E-state index >= 15 is 0 Å². The molecule has 2 amide bonds. The summed E-state index contributed by atoms with van der Waals surface area (Å²) in [5, 5.41) is 7.09. The number of aromatic amines is 1. The molecule has 1 atom stereocenters. The highest BCUT2D eigenvalue weighted by molar-refractivity contribution is 7.98. The maximum absolute atomic E-state index is 12.9. The fourth-order valence-corrected chi connectivity index (χ4v) is 4.07. The Hall–Kier alpha value is -2.28. The summed E-state index contributed by atoms with van der Waals surface area (Å²) in [4.78, 5) is 30.2. The lowest BCUT2D eigenvalue weighted by Crippen LogP contribution is -2.57. The number of amides is 2. The molecule has 1 aliphatic heterocycles. The summed E-state index contributed by atoms with van der Waals surface area (Å²) < 4.78 is 0. The van der Waals surface area contributed by atoms with Crippen LogP contribution >= 0.6 is 11.8 Å². The molecule has 7 heteroatoms. The lowest BCUT2D eigenvalue weighted by atomic mass is 10.1. The monoisotopic (exact) mass is 386 g/mol. The van der Waals surface area contributed by atoms with E-state index in [-0.39, 0.29) is 24.4 Å². The Bertz CT molecular complexity index is 833. The van der Waals surface area contributed by atoms with Crippen LogP contribution in [0.1, 0.15) is 37.0 Å². The predicted molar refractivity (Wildman–Crippen MR) is 108 cm³/mol. The van der Waals surface area contributed by atoms with Crippen molar-refractivity contribution < 1.29 is 9.59 Å². The molecule has 27 heavy (non-hydrogen) atoms. The van der Waals surface area contributed by atoms with Gasteiger partial charge in [-0.2, -0.15) is 5.10 Å². The van der Waals surface area contributed by atoms with Gasteiger partial charge in [0.1, 0.15) is 12.2 Å². The Balaban J connectivity index is 1.76. The molecular formula is C20H26N4O2S. The smallest absolute Gasteiger partial charge is 0.274 e. The maximum atomic E-state index is 12.9. The number of nitrogens with zero attached hydrogens (tertiary/aromatic N) is 3. The standard InChI is InChI=1S/C20H26N4O2S/c1-13(2)9-15-10-16(22-21-15)20(26)23-11-14(3)24(19(25)12-23)17-7-5-6-8-18(17)27-4/h5-8,10,13-14H,9,11-12H2,1-4H3,(H,21,22). The average Bonchev–Trinajstić information content (AvgIpc) is 3.08. The number of hydrogen-bond acceptors (Lipinski definition) is 4. The highest BCUT2D eigenvalue weighted by Crippen LogP contribution is 2.31. The Kier molecular flexibility index (Phi) is 5.89. The Morgan fingerprint density at radius 3 is 2.78 bits per heavy atom. The molecule has 0 aliphatic carbocycles. The second-order valence-corrected chi connectivity index (χ2v) is 8.19. The minimum Gasteiger partial charge on any atom is -0.326 e. The van der Waals surface area contributed by atoms with Crippen LogP contribution in [0.5, 0.6) is 0 Å². The summed E-state index contributed by atoms with van der Waals surface area (Å²) in [5.74, 6) is 0.218. The van der Waals surface area contributed by atoms with Crippen LogP contribution in [-0.4, -0.2) is 52.3 Å². The molecule has 1 saturated heterocycles. The average molecular weight is 387 g/mol. The van der Waals surface area contributed by atoms with E-state index < -0.39 is 0 Å². The van der Waals surface area contributed by atoms with E-state index in [0.29, 0.717) is 18.2 Å². The molecule has 2 aromatic rings. The number of benzene rings is 1. The number of nitrogens with one attached hydrogen (secondary N) is 1. The van der Waals surface area contributed by atoms with Crippen LogP contribution in [0.4, 0.5) is 5.69 Å². The summed E-state index contributed by atoms with van der Waals surface area (Å²) in [5.41, 5.74) is 2.23. The van der Waals surface area contributed by atoms with Crippen LogP contribution in [0.15, 0.2) is 35.2 Å². The topological polar surface area (TPSA) is 69.3 Å². The predicted octanol–water partition coefficient (Wildman–Crippen LogP) is 3.21. The van der Waals surface area contributed by atoms with Crippen molar-refractivity contribution in [3.63, 3.8) is 0 Å². The molecule has 1 aromatic carbocycles. The second-order valence-electron chi connectivity index (χ2n) is 7.35. The van der Waals surface area contributed by atoms with Gasteiger partial charge in [-0.25, -0.2) is 0 Å². The van der Waals surface area contributed by atoms with Gasteiger partial charge in [0.2, 0.25) is 5.91 Å². The molecule has 3 rings (SSSR count). The van der Waals surface area contributed by atoms with Gasteiger partial charge in [0.05, 0.1) is 11.7 Å². The Morgan fingerprint density at radius 1 is 1.37 bits per heavy atom. The number of rotatable bonds is 5. The van der Waals surface area contributed by atoms with Crippen molar-refractivity contribution in [1.82, 2.24) is 15.1 Å². The van der Waals surface area contributed by atoms with Gasteiger partial charge in [-0.15, -0.1) is 11.8 Å². The van der Waals surface area contributed by atoms with Crippen molar-refractivity contribution in [3.05, 3.63) is 41.7 Å². The van der Waals surface area contributed by atoms with Gasteiger partial charge in [0, 0.05) is 17.1 Å². The lowest BCUT2D eigenvalue weighted by Gasteiger charge is -2.39. The highest BCUT2D eigenvalue weighted by atomic mass is 32.2. The molecule has 1 aromatic heterocycles. The van der Waals surface area contributed by atoms with Gasteiger partial charge < -0.3 is 9.80 Å². The fourth-order valence-electron chi connectivity index (χ4n) is 3.48. The first-order valence-electron chi connectivity index (χ1n) is 9.19. The molecule has 6 nitrogen and oxygen atoms in total. The van der Waals surface area contributed by atoms with E-state index in [1.807, 2.05) is 42.3 Å². The zero-order valence-electron chi connectivity index (χ0n) is 16.2. The fraction of sp³-hybridized carbons (Fsp3) is 0.450. The van der Waals surface area contributed by atoms with Crippen LogP contribution in [-0.2, 0) is 11.2 Å². The van der Waals surface area contributed by atoms with Gasteiger partial charge >= 0.3 is 0 Å². The zero-order valence-corrected chi connectivity index (χ0v) is 17.0. The lowest BCUT2D eigenvalue weighted by molar-refractivity contribution is -0.121. The van der Waals surface area contributed by atoms with E-state index in [4.69, 9.17) is 0 Å². The molecule has 1 aliphatic rings. The van der Waals surface area contributed by atoms with E-state index in [2.05, 4.69) is 24.0 Å². The van der Waals surface area contributed by atoms with Gasteiger partial charge in [-0.05, 0) is 43.7 Å². The van der Waals surface area contributed by atoms with Crippen LogP contribution in [0.3, 0.4) is 0 Å². The number of piperazine rings is 1. The molecular weight excluding hydrogens is 360 g/mol. The summed E-state index contributed by atoms with van der Waals surface area (Å²) in [6.45, 7) is 6.77. The molecule has 0 radical (unpaired) electrons. The highest BCUT2D eigenvalue weighted by Gasteiger charge is 2.35. The number of H-pyrrole nitrogens is 1. The number of thioether (sulfide) groups is 1. The van der Waals surface area contributed by atoms with Crippen molar-refractivity contribution in [2.24, 2.45) is 5.92 Å². The zero-order chi connectivity index (χ0) is 19.6. The first-order valence-corrected chi connectivity index (χ1v) is 10.4. The van der Waals surface area contributed by atoms with E-state index in [1.165, 1.54) is 0 Å². The van der Waals surface area contributed by atoms with Gasteiger partial charge in [0.25, 0.3) is 5.91 Å². The molecule has 144 valence electrons. The van der Waals surface area contributed by atoms with Crippen molar-refractivity contribution in [2.45, 2.75) is 38.1 Å². The second kappa shape index (κ2) is 8.17. The van der Waals surface area contributed by atoms with Crippen molar-refractivity contribution in [3.8, 4) is 0 Å². The third-order valence-electron chi connectivity index (χ3n) is 4.63. The molecule has 2 heterocycles. The SMILES string of the molecule is CSc1ccccc1N1C(=O)CN(C(=O)c2cc(CC(C)C)[nH]n2)CC1C. The minimum absolute atomic E-state index is 0.0677.